The van der Waals surface area contributed by atoms with Crippen LogP contribution in [0.1, 0.15) is 11.1 Å². The third-order valence-corrected chi connectivity index (χ3v) is 5.11. The van der Waals surface area contributed by atoms with Crippen molar-refractivity contribution in [2.24, 2.45) is 0 Å². The van der Waals surface area contributed by atoms with Gasteiger partial charge in [-0.3, -0.25) is 0 Å². The highest BCUT2D eigenvalue weighted by atomic mass is 32.1. The number of fused-ring (bicyclic) bond motifs is 1. The van der Waals surface area contributed by atoms with Crippen LogP contribution in [0.15, 0.2) is 60.9 Å². The van der Waals surface area contributed by atoms with Crippen molar-refractivity contribution in [3.05, 3.63) is 72.1 Å². The van der Waals surface area contributed by atoms with Crippen molar-refractivity contribution >= 4 is 33.1 Å². The number of anilines is 2. The lowest BCUT2D eigenvalue weighted by atomic mass is 10.1. The monoisotopic (exact) mass is 331 g/mol. The molecular formula is C20H17N3S. The molecule has 0 aliphatic heterocycles. The minimum absolute atomic E-state index is 0.852. The molecule has 2 aromatic heterocycles. The normalized spacial score (nSPS) is 10.9. The van der Waals surface area contributed by atoms with Crippen molar-refractivity contribution < 1.29 is 0 Å². The summed E-state index contributed by atoms with van der Waals surface area (Å²) in [5.74, 6) is 0.852. The highest BCUT2D eigenvalue weighted by Gasteiger charge is 2.11. The maximum atomic E-state index is 4.46. The van der Waals surface area contributed by atoms with E-state index in [1.54, 1.807) is 17.7 Å². The number of thiophene rings is 1. The second kappa shape index (κ2) is 6.06. The quantitative estimate of drug-likeness (QED) is 0.522. The first-order valence-electron chi connectivity index (χ1n) is 7.85. The fourth-order valence-corrected chi connectivity index (χ4v) is 3.79. The van der Waals surface area contributed by atoms with Gasteiger partial charge in [0, 0.05) is 10.6 Å². The van der Waals surface area contributed by atoms with E-state index >= 15 is 0 Å². The Morgan fingerprint density at radius 3 is 2.54 bits per heavy atom. The second-order valence-electron chi connectivity index (χ2n) is 5.86. The van der Waals surface area contributed by atoms with E-state index in [1.165, 1.54) is 21.6 Å². The number of nitrogens with zero attached hydrogens (tertiary/aromatic N) is 2. The Bertz CT molecular complexity index is 1010. The summed E-state index contributed by atoms with van der Waals surface area (Å²) in [6.45, 7) is 4.21. The van der Waals surface area contributed by atoms with Gasteiger partial charge in [-0.2, -0.15) is 0 Å². The lowest BCUT2D eigenvalue weighted by molar-refractivity contribution is 1.22. The number of nitrogens with one attached hydrogen (secondary N) is 1. The van der Waals surface area contributed by atoms with Gasteiger partial charge < -0.3 is 5.32 Å². The number of benzene rings is 2. The zero-order chi connectivity index (χ0) is 16.5. The molecule has 0 radical (unpaired) electrons. The maximum Gasteiger partial charge on any atom is 0.142 e. The number of rotatable bonds is 3. The molecule has 0 atom stereocenters. The standard InChI is InChI=1S/C20H17N3S/c1-13-8-9-17(14(2)10-13)23-19-16-11-18(15-6-4-3-5-7-15)24-20(16)22-12-21-19/h3-12H,1-2H3,(H,21,22,23). The molecule has 0 bridgehead atoms. The summed E-state index contributed by atoms with van der Waals surface area (Å²) in [5, 5.41) is 4.52. The van der Waals surface area contributed by atoms with E-state index in [-0.39, 0.29) is 0 Å². The topological polar surface area (TPSA) is 37.8 Å². The predicted molar refractivity (Wildman–Crippen MR) is 102 cm³/mol. The van der Waals surface area contributed by atoms with Gasteiger partial charge in [0.15, 0.2) is 0 Å². The van der Waals surface area contributed by atoms with E-state index in [1.807, 2.05) is 6.07 Å². The Hall–Kier alpha value is -2.72. The van der Waals surface area contributed by atoms with Crippen LogP contribution in [0, 0.1) is 13.8 Å². The van der Waals surface area contributed by atoms with Gasteiger partial charge in [0.05, 0.1) is 5.39 Å². The Labute approximate surface area is 145 Å². The summed E-state index contributed by atoms with van der Waals surface area (Å²) in [6.07, 6.45) is 1.62. The number of hydrogen-bond donors (Lipinski definition) is 1. The summed E-state index contributed by atoms with van der Waals surface area (Å²) >= 11 is 1.69. The third-order valence-electron chi connectivity index (χ3n) is 4.02. The van der Waals surface area contributed by atoms with Crippen LogP contribution in [0.3, 0.4) is 0 Å². The molecule has 1 N–H and O–H groups in total. The lowest BCUT2D eigenvalue weighted by Gasteiger charge is -2.10. The number of aromatic nitrogens is 2. The van der Waals surface area contributed by atoms with Crippen LogP contribution < -0.4 is 5.32 Å². The van der Waals surface area contributed by atoms with E-state index in [9.17, 15) is 0 Å². The zero-order valence-corrected chi connectivity index (χ0v) is 14.4. The van der Waals surface area contributed by atoms with Crippen LogP contribution in [-0.2, 0) is 0 Å². The number of aryl methyl sites for hydroxylation is 2. The fraction of sp³-hybridized carbons (Fsp3) is 0.100. The van der Waals surface area contributed by atoms with Gasteiger partial charge in [0.2, 0.25) is 0 Å². The average molecular weight is 331 g/mol. The summed E-state index contributed by atoms with van der Waals surface area (Å²) in [6, 6.07) is 18.9. The maximum absolute atomic E-state index is 4.46. The fourth-order valence-electron chi connectivity index (χ4n) is 2.78. The molecule has 0 aliphatic carbocycles. The lowest BCUT2D eigenvalue weighted by Crippen LogP contribution is -1.96. The highest BCUT2D eigenvalue weighted by Crippen LogP contribution is 2.35. The van der Waals surface area contributed by atoms with E-state index in [2.05, 4.69) is 77.7 Å². The molecule has 0 fully saturated rings. The van der Waals surface area contributed by atoms with Crippen LogP contribution in [0.2, 0.25) is 0 Å². The van der Waals surface area contributed by atoms with Crippen molar-refractivity contribution in [1.29, 1.82) is 0 Å². The van der Waals surface area contributed by atoms with E-state index in [4.69, 9.17) is 0 Å². The van der Waals surface area contributed by atoms with Crippen molar-refractivity contribution in [2.75, 3.05) is 5.32 Å². The average Bonchev–Trinajstić information content (AvgIpc) is 3.03. The predicted octanol–water partition coefficient (Wildman–Crippen LogP) is 5.72. The Kier molecular flexibility index (Phi) is 3.75. The summed E-state index contributed by atoms with van der Waals surface area (Å²) in [5.41, 5.74) is 4.75. The van der Waals surface area contributed by atoms with Crippen molar-refractivity contribution in [2.45, 2.75) is 13.8 Å². The molecule has 0 aliphatic rings. The van der Waals surface area contributed by atoms with Gasteiger partial charge in [-0.05, 0) is 37.1 Å². The molecule has 0 saturated carbocycles. The van der Waals surface area contributed by atoms with Crippen LogP contribution >= 0.6 is 11.3 Å². The first-order chi connectivity index (χ1) is 11.7. The molecular weight excluding hydrogens is 314 g/mol. The molecule has 0 amide bonds. The second-order valence-corrected chi connectivity index (χ2v) is 6.89. The Morgan fingerprint density at radius 1 is 0.917 bits per heavy atom. The SMILES string of the molecule is Cc1ccc(Nc2ncnc3sc(-c4ccccc4)cc23)c(C)c1. The van der Waals surface area contributed by atoms with E-state index < -0.39 is 0 Å². The van der Waals surface area contributed by atoms with Crippen LogP contribution in [0.5, 0.6) is 0 Å². The summed E-state index contributed by atoms with van der Waals surface area (Å²) in [4.78, 5) is 11.1. The molecule has 0 spiro atoms. The largest absolute Gasteiger partial charge is 0.339 e. The zero-order valence-electron chi connectivity index (χ0n) is 13.6. The van der Waals surface area contributed by atoms with Crippen molar-refractivity contribution in [3.8, 4) is 10.4 Å². The van der Waals surface area contributed by atoms with Gasteiger partial charge >= 0.3 is 0 Å². The molecule has 2 aromatic carbocycles. The molecule has 4 rings (SSSR count). The van der Waals surface area contributed by atoms with Crippen LogP contribution in [0.4, 0.5) is 11.5 Å². The van der Waals surface area contributed by atoms with Crippen molar-refractivity contribution in [3.63, 3.8) is 0 Å². The molecule has 3 nitrogen and oxygen atoms in total. The van der Waals surface area contributed by atoms with Gasteiger partial charge in [-0.15, -0.1) is 11.3 Å². The van der Waals surface area contributed by atoms with Gasteiger partial charge in [-0.1, -0.05) is 48.0 Å². The minimum atomic E-state index is 0.852. The smallest absolute Gasteiger partial charge is 0.142 e. The molecule has 0 unspecified atom stereocenters. The van der Waals surface area contributed by atoms with E-state index in [0.29, 0.717) is 0 Å². The van der Waals surface area contributed by atoms with Gasteiger partial charge in [0.25, 0.3) is 0 Å². The highest BCUT2D eigenvalue weighted by molar-refractivity contribution is 7.21. The first kappa shape index (κ1) is 14.8. The molecule has 24 heavy (non-hydrogen) atoms. The summed E-state index contributed by atoms with van der Waals surface area (Å²) < 4.78 is 0. The third kappa shape index (κ3) is 2.76. The van der Waals surface area contributed by atoms with Crippen molar-refractivity contribution in [1.82, 2.24) is 9.97 Å². The van der Waals surface area contributed by atoms with Crippen LogP contribution in [0.25, 0.3) is 20.7 Å². The molecule has 118 valence electrons. The van der Waals surface area contributed by atoms with Crippen LogP contribution in [-0.4, -0.2) is 9.97 Å². The molecule has 2 heterocycles. The van der Waals surface area contributed by atoms with Gasteiger partial charge in [0.1, 0.15) is 17.0 Å². The first-order valence-corrected chi connectivity index (χ1v) is 8.66. The summed E-state index contributed by atoms with van der Waals surface area (Å²) in [7, 11) is 0. The molecule has 4 aromatic rings. The Balaban J connectivity index is 1.77. The molecule has 0 saturated heterocycles. The van der Waals surface area contributed by atoms with E-state index in [0.717, 1.165) is 21.7 Å². The Morgan fingerprint density at radius 2 is 1.75 bits per heavy atom. The van der Waals surface area contributed by atoms with Gasteiger partial charge in [-0.25, -0.2) is 9.97 Å². The number of hydrogen-bond acceptors (Lipinski definition) is 4. The minimum Gasteiger partial charge on any atom is -0.339 e. The molecule has 4 heteroatoms.